The van der Waals surface area contributed by atoms with Gasteiger partial charge in [0.1, 0.15) is 0 Å². The Balaban J connectivity index is 1.69. The molecule has 1 aliphatic heterocycles. The Morgan fingerprint density at radius 3 is 3.00 bits per heavy atom. The molecule has 2 aromatic rings. The van der Waals surface area contributed by atoms with Crippen molar-refractivity contribution in [3.05, 3.63) is 34.8 Å². The molecule has 0 amide bonds. The summed E-state index contributed by atoms with van der Waals surface area (Å²) in [6.07, 6.45) is 2.40. The molecule has 1 fully saturated rings. The molecular weight excluding hydrogens is 266 g/mol. The van der Waals surface area contributed by atoms with Crippen molar-refractivity contribution in [1.29, 1.82) is 0 Å². The Kier molecular flexibility index (Phi) is 4.12. The third kappa shape index (κ3) is 3.04. The second-order valence-electron chi connectivity index (χ2n) is 6.05. The Morgan fingerprint density at radius 2 is 2.19 bits per heavy atom. The van der Waals surface area contributed by atoms with E-state index in [2.05, 4.69) is 11.8 Å². The predicted molar refractivity (Wildman–Crippen MR) is 83.3 cm³/mol. The van der Waals surface area contributed by atoms with Crippen LogP contribution in [0.3, 0.4) is 0 Å². The van der Waals surface area contributed by atoms with Crippen LogP contribution in [0, 0.1) is 5.92 Å². The standard InChI is InChI=1S/C16H23N3O2/c1-12(17)13-5-4-8-18(11-13)9-10-19-14-6-2-3-7-15(14)21-16(19)20/h2-3,6-7,12-13H,4-5,8-11,17H2,1H3. The molecule has 2 atom stereocenters. The largest absolute Gasteiger partial charge is 0.419 e. The minimum Gasteiger partial charge on any atom is -0.408 e. The lowest BCUT2D eigenvalue weighted by Crippen LogP contribution is -2.43. The average Bonchev–Trinajstić information content (AvgIpc) is 2.81. The first-order valence-corrected chi connectivity index (χ1v) is 7.71. The first-order chi connectivity index (χ1) is 10.1. The highest BCUT2D eigenvalue weighted by molar-refractivity contribution is 5.72. The molecule has 0 bridgehead atoms. The molecule has 3 rings (SSSR count). The van der Waals surface area contributed by atoms with Gasteiger partial charge in [-0.15, -0.1) is 0 Å². The number of benzene rings is 1. The zero-order chi connectivity index (χ0) is 14.8. The van der Waals surface area contributed by atoms with Crippen molar-refractivity contribution in [2.75, 3.05) is 19.6 Å². The molecule has 5 nitrogen and oxygen atoms in total. The van der Waals surface area contributed by atoms with Gasteiger partial charge < -0.3 is 15.1 Å². The van der Waals surface area contributed by atoms with Crippen LogP contribution >= 0.6 is 0 Å². The van der Waals surface area contributed by atoms with E-state index in [1.54, 1.807) is 4.57 Å². The minimum absolute atomic E-state index is 0.241. The van der Waals surface area contributed by atoms with Crippen molar-refractivity contribution in [2.45, 2.75) is 32.4 Å². The lowest BCUT2D eigenvalue weighted by atomic mass is 9.92. The molecule has 1 aromatic carbocycles. The summed E-state index contributed by atoms with van der Waals surface area (Å²) in [5.74, 6) is 0.300. The fraction of sp³-hybridized carbons (Fsp3) is 0.562. The highest BCUT2D eigenvalue weighted by Crippen LogP contribution is 2.19. The maximum atomic E-state index is 11.9. The predicted octanol–water partition coefficient (Wildman–Crippen LogP) is 1.65. The van der Waals surface area contributed by atoms with E-state index in [1.807, 2.05) is 24.3 Å². The number of oxazole rings is 1. The first-order valence-electron chi connectivity index (χ1n) is 7.71. The maximum absolute atomic E-state index is 11.9. The molecule has 1 aliphatic rings. The number of nitrogens with two attached hydrogens (primary N) is 1. The first kappa shape index (κ1) is 14.4. The molecule has 0 saturated carbocycles. The quantitative estimate of drug-likeness (QED) is 0.929. The van der Waals surface area contributed by atoms with E-state index in [1.165, 1.54) is 12.8 Å². The SMILES string of the molecule is CC(N)C1CCCN(CCn2c(=O)oc3ccccc32)C1. The smallest absolute Gasteiger partial charge is 0.408 e. The number of rotatable bonds is 4. The number of hydrogen-bond acceptors (Lipinski definition) is 4. The van der Waals surface area contributed by atoms with Gasteiger partial charge in [0, 0.05) is 25.7 Å². The third-order valence-electron chi connectivity index (χ3n) is 4.50. The summed E-state index contributed by atoms with van der Waals surface area (Å²) in [7, 11) is 0. The number of para-hydroxylation sites is 2. The average molecular weight is 289 g/mol. The highest BCUT2D eigenvalue weighted by Gasteiger charge is 2.22. The van der Waals surface area contributed by atoms with Gasteiger partial charge in [-0.3, -0.25) is 4.57 Å². The molecular formula is C16H23N3O2. The number of hydrogen-bond donors (Lipinski definition) is 1. The van der Waals surface area contributed by atoms with E-state index in [4.69, 9.17) is 10.2 Å². The van der Waals surface area contributed by atoms with Crippen molar-refractivity contribution in [3.8, 4) is 0 Å². The van der Waals surface area contributed by atoms with Gasteiger partial charge >= 0.3 is 5.76 Å². The van der Waals surface area contributed by atoms with Gasteiger partial charge in [0.2, 0.25) is 0 Å². The maximum Gasteiger partial charge on any atom is 0.419 e. The summed E-state index contributed by atoms with van der Waals surface area (Å²) in [5, 5.41) is 0. The fourth-order valence-electron chi connectivity index (χ4n) is 3.19. The van der Waals surface area contributed by atoms with Gasteiger partial charge in [0.25, 0.3) is 0 Å². The molecule has 114 valence electrons. The van der Waals surface area contributed by atoms with Gasteiger partial charge in [-0.2, -0.15) is 0 Å². The van der Waals surface area contributed by atoms with Crippen LogP contribution < -0.4 is 11.5 Å². The number of aromatic nitrogens is 1. The lowest BCUT2D eigenvalue weighted by Gasteiger charge is -2.34. The summed E-state index contributed by atoms with van der Waals surface area (Å²) in [5.41, 5.74) is 7.56. The summed E-state index contributed by atoms with van der Waals surface area (Å²) < 4.78 is 6.99. The lowest BCUT2D eigenvalue weighted by molar-refractivity contribution is 0.156. The van der Waals surface area contributed by atoms with E-state index in [-0.39, 0.29) is 11.8 Å². The molecule has 21 heavy (non-hydrogen) atoms. The van der Waals surface area contributed by atoms with Crippen LogP contribution in [0.1, 0.15) is 19.8 Å². The van der Waals surface area contributed by atoms with E-state index < -0.39 is 0 Å². The van der Waals surface area contributed by atoms with Crippen LogP contribution in [0.25, 0.3) is 11.1 Å². The summed E-state index contributed by atoms with van der Waals surface area (Å²) in [6.45, 7) is 5.74. The number of fused-ring (bicyclic) bond motifs is 1. The van der Waals surface area contributed by atoms with Crippen LogP contribution in [-0.2, 0) is 6.54 Å². The zero-order valence-corrected chi connectivity index (χ0v) is 12.5. The Hall–Kier alpha value is -1.59. The van der Waals surface area contributed by atoms with Gasteiger partial charge in [-0.1, -0.05) is 12.1 Å². The molecule has 0 aliphatic carbocycles. The van der Waals surface area contributed by atoms with Crippen LogP contribution in [-0.4, -0.2) is 35.1 Å². The number of piperidine rings is 1. The molecule has 0 spiro atoms. The Labute approximate surface area is 124 Å². The molecule has 2 N–H and O–H groups in total. The van der Waals surface area contributed by atoms with Crippen LogP contribution in [0.2, 0.25) is 0 Å². The molecule has 2 unspecified atom stereocenters. The van der Waals surface area contributed by atoms with E-state index >= 15 is 0 Å². The number of nitrogens with zero attached hydrogens (tertiary/aromatic N) is 2. The van der Waals surface area contributed by atoms with Crippen LogP contribution in [0.5, 0.6) is 0 Å². The van der Waals surface area contributed by atoms with E-state index in [0.29, 0.717) is 18.0 Å². The summed E-state index contributed by atoms with van der Waals surface area (Å²) in [6, 6.07) is 7.82. The molecule has 0 radical (unpaired) electrons. The van der Waals surface area contributed by atoms with Crippen LogP contribution in [0.4, 0.5) is 0 Å². The van der Waals surface area contributed by atoms with Crippen LogP contribution in [0.15, 0.2) is 33.5 Å². The van der Waals surface area contributed by atoms with Gasteiger partial charge in [-0.25, -0.2) is 4.79 Å². The molecule has 5 heteroatoms. The van der Waals surface area contributed by atoms with Crippen molar-refractivity contribution < 1.29 is 4.42 Å². The topological polar surface area (TPSA) is 64.4 Å². The van der Waals surface area contributed by atoms with Gasteiger partial charge in [-0.05, 0) is 44.4 Å². The van der Waals surface area contributed by atoms with Crippen molar-refractivity contribution in [3.63, 3.8) is 0 Å². The second kappa shape index (κ2) is 6.03. The molecule has 1 saturated heterocycles. The van der Waals surface area contributed by atoms with Crippen molar-refractivity contribution >= 4 is 11.1 Å². The Morgan fingerprint density at radius 1 is 1.38 bits per heavy atom. The molecule has 1 aromatic heterocycles. The zero-order valence-electron chi connectivity index (χ0n) is 12.5. The summed E-state index contributed by atoms with van der Waals surface area (Å²) >= 11 is 0. The van der Waals surface area contributed by atoms with Crippen molar-refractivity contribution in [1.82, 2.24) is 9.47 Å². The van der Waals surface area contributed by atoms with Crippen molar-refractivity contribution in [2.24, 2.45) is 11.7 Å². The Bertz CT molecular complexity index is 659. The normalized spacial score (nSPS) is 21.7. The summed E-state index contributed by atoms with van der Waals surface area (Å²) in [4.78, 5) is 14.4. The highest BCUT2D eigenvalue weighted by atomic mass is 16.4. The second-order valence-corrected chi connectivity index (χ2v) is 6.05. The molecule has 2 heterocycles. The van der Waals surface area contributed by atoms with E-state index in [0.717, 1.165) is 25.2 Å². The van der Waals surface area contributed by atoms with Gasteiger partial charge in [0.15, 0.2) is 5.58 Å². The van der Waals surface area contributed by atoms with E-state index in [9.17, 15) is 4.79 Å². The fourth-order valence-corrected chi connectivity index (χ4v) is 3.19. The third-order valence-corrected chi connectivity index (χ3v) is 4.50. The monoisotopic (exact) mass is 289 g/mol. The number of likely N-dealkylation sites (tertiary alicyclic amines) is 1. The van der Waals surface area contributed by atoms with Gasteiger partial charge in [0.05, 0.1) is 5.52 Å². The minimum atomic E-state index is -0.267.